The summed E-state index contributed by atoms with van der Waals surface area (Å²) in [7, 11) is 0. The molecule has 0 radical (unpaired) electrons. The first-order valence-electron chi connectivity index (χ1n) is 6.62. The topological polar surface area (TPSA) is 59.4 Å². The number of alkyl halides is 2. The molecule has 0 saturated heterocycles. The van der Waals surface area contributed by atoms with Crippen molar-refractivity contribution in [3.8, 4) is 5.75 Å². The van der Waals surface area contributed by atoms with E-state index in [1.165, 1.54) is 6.07 Å². The molecule has 110 valence electrons. The smallest absolute Gasteiger partial charge is 0.306 e. The number of carbonyl (C=O) groups is 1. The summed E-state index contributed by atoms with van der Waals surface area (Å²) in [5.41, 5.74) is 0.127. The molecule has 1 heterocycles. The van der Waals surface area contributed by atoms with Crippen LogP contribution in [0.5, 0.6) is 5.75 Å². The highest BCUT2D eigenvalue weighted by Crippen LogP contribution is 2.32. The molecule has 6 heteroatoms. The summed E-state index contributed by atoms with van der Waals surface area (Å²) in [6, 6.07) is 3.09. The molecule has 0 spiro atoms. The second-order valence-corrected chi connectivity index (χ2v) is 5.08. The lowest BCUT2D eigenvalue weighted by atomic mass is 9.87. The van der Waals surface area contributed by atoms with Crippen molar-refractivity contribution in [1.29, 1.82) is 0 Å². The third-order valence-electron chi connectivity index (χ3n) is 3.50. The number of hydrogen-bond acceptors (Lipinski definition) is 3. The van der Waals surface area contributed by atoms with E-state index in [0.717, 1.165) is 6.42 Å². The van der Waals surface area contributed by atoms with Gasteiger partial charge in [-0.25, -0.2) is 13.8 Å². The van der Waals surface area contributed by atoms with Gasteiger partial charge in [-0.15, -0.1) is 0 Å². The van der Waals surface area contributed by atoms with Crippen molar-refractivity contribution in [2.75, 3.05) is 0 Å². The normalized spacial score (nSPS) is 22.8. The molecule has 0 bridgehead atoms. The largest absolute Gasteiger partial charge is 0.488 e. The first-order chi connectivity index (χ1) is 9.47. The standard InChI is InChI=1S/C14H17F2NO3/c1-8-5-6-11(12(17-8)13(15)16)20-10-4-2-3-9(7-10)14(18)19/h5-6,9-10,13H,2-4,7H2,1H3,(H,18,19)/t9-,10-/m0/s1. The van der Waals surface area contributed by atoms with E-state index in [4.69, 9.17) is 9.84 Å². The van der Waals surface area contributed by atoms with Gasteiger partial charge in [-0.2, -0.15) is 0 Å². The molecule has 2 rings (SSSR count). The average Bonchev–Trinajstić information content (AvgIpc) is 2.41. The van der Waals surface area contributed by atoms with Gasteiger partial charge in [-0.05, 0) is 44.7 Å². The average molecular weight is 285 g/mol. The molecular formula is C14H17F2NO3. The summed E-state index contributed by atoms with van der Waals surface area (Å²) in [6.07, 6.45) is -0.671. The number of rotatable bonds is 4. The predicted molar refractivity (Wildman–Crippen MR) is 67.9 cm³/mol. The van der Waals surface area contributed by atoms with Crippen LogP contribution >= 0.6 is 0 Å². The lowest BCUT2D eigenvalue weighted by Crippen LogP contribution is -2.29. The van der Waals surface area contributed by atoms with E-state index in [-0.39, 0.29) is 17.5 Å². The Balaban J connectivity index is 2.11. The number of halogens is 2. The number of ether oxygens (including phenoxy) is 1. The van der Waals surface area contributed by atoms with Gasteiger partial charge < -0.3 is 9.84 Å². The van der Waals surface area contributed by atoms with Crippen LogP contribution in [-0.4, -0.2) is 22.2 Å². The number of carboxylic acids is 1. The van der Waals surface area contributed by atoms with E-state index in [0.29, 0.717) is 25.0 Å². The Morgan fingerprint density at radius 1 is 1.45 bits per heavy atom. The van der Waals surface area contributed by atoms with E-state index >= 15 is 0 Å². The van der Waals surface area contributed by atoms with Crippen LogP contribution < -0.4 is 4.74 Å². The quantitative estimate of drug-likeness (QED) is 0.921. The number of aromatic nitrogens is 1. The first-order valence-corrected chi connectivity index (χ1v) is 6.62. The molecule has 1 saturated carbocycles. The van der Waals surface area contributed by atoms with Gasteiger partial charge in [0.2, 0.25) is 0 Å². The molecule has 0 unspecified atom stereocenters. The minimum atomic E-state index is -2.70. The number of hydrogen-bond donors (Lipinski definition) is 1. The van der Waals surface area contributed by atoms with Gasteiger partial charge in [0, 0.05) is 5.69 Å². The van der Waals surface area contributed by atoms with Crippen LogP contribution in [0, 0.1) is 12.8 Å². The highest BCUT2D eigenvalue weighted by molar-refractivity contribution is 5.70. The Bertz CT molecular complexity index is 493. The predicted octanol–water partition coefficient (Wildman–Crippen LogP) is 3.35. The van der Waals surface area contributed by atoms with E-state index in [9.17, 15) is 13.6 Å². The monoisotopic (exact) mass is 285 g/mol. The summed E-state index contributed by atoms with van der Waals surface area (Å²) >= 11 is 0. The SMILES string of the molecule is Cc1ccc(O[C@H]2CCC[C@H](C(=O)O)C2)c(C(F)F)n1. The van der Waals surface area contributed by atoms with Crippen LogP contribution in [0.25, 0.3) is 0 Å². The molecule has 4 nitrogen and oxygen atoms in total. The highest BCUT2D eigenvalue weighted by Gasteiger charge is 2.29. The van der Waals surface area contributed by atoms with Gasteiger partial charge in [-0.1, -0.05) is 0 Å². The number of aliphatic carboxylic acids is 1. The lowest BCUT2D eigenvalue weighted by Gasteiger charge is -2.27. The molecule has 1 aliphatic carbocycles. The zero-order chi connectivity index (χ0) is 14.7. The van der Waals surface area contributed by atoms with Crippen molar-refractivity contribution < 1.29 is 23.4 Å². The summed E-state index contributed by atoms with van der Waals surface area (Å²) in [6.45, 7) is 1.64. The van der Waals surface area contributed by atoms with Crippen LogP contribution in [-0.2, 0) is 4.79 Å². The van der Waals surface area contributed by atoms with Crippen molar-refractivity contribution >= 4 is 5.97 Å². The third kappa shape index (κ3) is 3.43. The summed E-state index contributed by atoms with van der Waals surface area (Å²) in [5.74, 6) is -1.25. The highest BCUT2D eigenvalue weighted by atomic mass is 19.3. The van der Waals surface area contributed by atoms with Crippen LogP contribution in [0.3, 0.4) is 0 Å². The van der Waals surface area contributed by atoms with Crippen LogP contribution in [0.15, 0.2) is 12.1 Å². The maximum atomic E-state index is 12.9. The Morgan fingerprint density at radius 3 is 2.85 bits per heavy atom. The molecule has 0 aromatic carbocycles. The molecule has 1 N–H and O–H groups in total. The minimum absolute atomic E-state index is 0.0571. The van der Waals surface area contributed by atoms with Gasteiger partial charge in [-0.3, -0.25) is 4.79 Å². The molecule has 1 fully saturated rings. The fraction of sp³-hybridized carbons (Fsp3) is 0.571. The summed E-state index contributed by atoms with van der Waals surface area (Å²) < 4.78 is 31.4. The van der Waals surface area contributed by atoms with Crippen molar-refractivity contribution in [3.63, 3.8) is 0 Å². The number of pyridine rings is 1. The minimum Gasteiger partial charge on any atom is -0.488 e. The molecule has 0 aliphatic heterocycles. The second kappa shape index (κ2) is 6.15. The molecule has 1 aromatic heterocycles. The van der Waals surface area contributed by atoms with Crippen LogP contribution in [0.1, 0.15) is 43.5 Å². The number of nitrogens with zero attached hydrogens (tertiary/aromatic N) is 1. The molecule has 2 atom stereocenters. The lowest BCUT2D eigenvalue weighted by molar-refractivity contribution is -0.143. The zero-order valence-electron chi connectivity index (χ0n) is 11.2. The van der Waals surface area contributed by atoms with Crippen molar-refractivity contribution in [2.45, 2.75) is 45.1 Å². The molecular weight excluding hydrogens is 268 g/mol. The Labute approximate surface area is 115 Å². The van der Waals surface area contributed by atoms with E-state index in [1.54, 1.807) is 13.0 Å². The zero-order valence-corrected chi connectivity index (χ0v) is 11.2. The van der Waals surface area contributed by atoms with Gasteiger partial charge in [0.05, 0.1) is 12.0 Å². The third-order valence-corrected chi connectivity index (χ3v) is 3.50. The second-order valence-electron chi connectivity index (χ2n) is 5.08. The van der Waals surface area contributed by atoms with E-state index in [2.05, 4.69) is 4.98 Å². The van der Waals surface area contributed by atoms with Crippen molar-refractivity contribution in [3.05, 3.63) is 23.5 Å². The summed E-state index contributed by atoms with van der Waals surface area (Å²) in [5, 5.41) is 9.01. The fourth-order valence-electron chi connectivity index (χ4n) is 2.48. The Kier molecular flexibility index (Phi) is 4.52. The molecule has 1 aliphatic rings. The first kappa shape index (κ1) is 14.7. The number of aryl methyl sites for hydroxylation is 1. The van der Waals surface area contributed by atoms with Gasteiger partial charge in [0.1, 0.15) is 11.4 Å². The molecule has 0 amide bonds. The fourth-order valence-corrected chi connectivity index (χ4v) is 2.48. The number of carboxylic acid groups (broad SMARTS) is 1. The van der Waals surface area contributed by atoms with Gasteiger partial charge in [0.15, 0.2) is 0 Å². The van der Waals surface area contributed by atoms with Crippen molar-refractivity contribution in [2.24, 2.45) is 5.92 Å². The Morgan fingerprint density at radius 2 is 2.20 bits per heavy atom. The van der Waals surface area contributed by atoms with E-state index < -0.39 is 18.3 Å². The Hall–Kier alpha value is -1.72. The van der Waals surface area contributed by atoms with Crippen molar-refractivity contribution in [1.82, 2.24) is 4.98 Å². The summed E-state index contributed by atoms with van der Waals surface area (Å²) in [4.78, 5) is 14.8. The molecule has 20 heavy (non-hydrogen) atoms. The maximum absolute atomic E-state index is 12.9. The van der Waals surface area contributed by atoms with Crippen LogP contribution in [0.2, 0.25) is 0 Å². The maximum Gasteiger partial charge on any atom is 0.306 e. The van der Waals surface area contributed by atoms with Gasteiger partial charge in [0.25, 0.3) is 6.43 Å². The van der Waals surface area contributed by atoms with Crippen LogP contribution in [0.4, 0.5) is 8.78 Å². The molecule has 1 aromatic rings. The van der Waals surface area contributed by atoms with E-state index in [1.807, 2.05) is 0 Å². The van der Waals surface area contributed by atoms with Gasteiger partial charge >= 0.3 is 5.97 Å².